The summed E-state index contributed by atoms with van der Waals surface area (Å²) in [5, 5.41) is 7.92. The van der Waals surface area contributed by atoms with Crippen LogP contribution >= 0.6 is 46.1 Å². The fraction of sp³-hybridized carbons (Fsp3) is 0.303. The summed E-state index contributed by atoms with van der Waals surface area (Å²) >= 11 is 19.4. The molecule has 2 N–H and O–H groups in total. The van der Waals surface area contributed by atoms with Crippen LogP contribution in [0.4, 0.5) is 13.2 Å². The zero-order valence-electron chi connectivity index (χ0n) is 25.8. The summed E-state index contributed by atoms with van der Waals surface area (Å²) in [5.74, 6) is -0.645. The number of carbonyl (C=O) groups is 1. The molecule has 0 radical (unpaired) electrons. The lowest BCUT2D eigenvalue weighted by molar-refractivity contribution is -0.141. The lowest BCUT2D eigenvalue weighted by Crippen LogP contribution is -2.62. The van der Waals surface area contributed by atoms with Gasteiger partial charge >= 0.3 is 6.18 Å². The van der Waals surface area contributed by atoms with Crippen LogP contribution in [0, 0.1) is 0 Å². The highest BCUT2D eigenvalue weighted by atomic mass is 35.5. The number of ether oxygens (including phenoxy) is 1. The summed E-state index contributed by atoms with van der Waals surface area (Å²) in [4.78, 5) is 16.5. The van der Waals surface area contributed by atoms with Gasteiger partial charge in [0.1, 0.15) is 9.96 Å². The number of alkyl halides is 3. The monoisotopic (exact) mass is 772 g/mol. The molecule has 2 saturated heterocycles. The van der Waals surface area contributed by atoms with Crippen molar-refractivity contribution in [2.24, 2.45) is 0 Å². The van der Waals surface area contributed by atoms with E-state index < -0.39 is 45.4 Å². The van der Waals surface area contributed by atoms with E-state index in [4.69, 9.17) is 39.5 Å². The highest BCUT2D eigenvalue weighted by Gasteiger charge is 2.55. The van der Waals surface area contributed by atoms with Crippen LogP contribution in [0.2, 0.25) is 14.4 Å². The van der Waals surface area contributed by atoms with Crippen LogP contribution in [0.3, 0.4) is 0 Å². The van der Waals surface area contributed by atoms with E-state index in [-0.39, 0.29) is 48.3 Å². The van der Waals surface area contributed by atoms with E-state index in [1.54, 1.807) is 31.2 Å². The number of carbonyl (C=O) groups excluding carboxylic acids is 1. The Morgan fingerprint density at radius 2 is 1.43 bits per heavy atom. The van der Waals surface area contributed by atoms with Gasteiger partial charge < -0.3 is 9.64 Å². The number of nitrogens with one attached hydrogen (secondary N) is 2. The summed E-state index contributed by atoms with van der Waals surface area (Å²) in [6.45, 7) is 1.69. The molecule has 6 rings (SSSR count). The van der Waals surface area contributed by atoms with Gasteiger partial charge in [0.2, 0.25) is 0 Å². The molecule has 260 valence electrons. The summed E-state index contributed by atoms with van der Waals surface area (Å²) in [6.07, 6.45) is -4.66. The fourth-order valence-corrected chi connectivity index (χ4v) is 9.49. The minimum absolute atomic E-state index is 0.00771. The zero-order chi connectivity index (χ0) is 35.1. The molecule has 2 fully saturated rings. The Kier molecular flexibility index (Phi) is 10.3. The molecule has 2 atom stereocenters. The van der Waals surface area contributed by atoms with Gasteiger partial charge in [0.05, 0.1) is 28.6 Å². The SMILES string of the molecule is CCOc1cc(C(F)(F)F)ccc1C1(C(=O)N2CCN(S(=O)(=O)c3ccc(Cl)s3)CC2)NC(c2ccc(Cl)cc2)C(c2ccc(Cl)cc2)N1. The van der Waals surface area contributed by atoms with Crippen LogP contribution in [-0.2, 0) is 26.7 Å². The zero-order valence-corrected chi connectivity index (χ0v) is 29.7. The number of hydrogen-bond acceptors (Lipinski definition) is 7. The average Bonchev–Trinajstić information content (AvgIpc) is 3.70. The second kappa shape index (κ2) is 14.0. The Morgan fingerprint density at radius 1 is 0.878 bits per heavy atom. The van der Waals surface area contributed by atoms with E-state index in [9.17, 15) is 26.4 Å². The van der Waals surface area contributed by atoms with Crippen LogP contribution in [0.15, 0.2) is 83.1 Å². The van der Waals surface area contributed by atoms with Crippen molar-refractivity contribution in [1.82, 2.24) is 19.8 Å². The number of nitrogens with zero attached hydrogens (tertiary/aromatic N) is 2. The van der Waals surface area contributed by atoms with E-state index >= 15 is 0 Å². The number of rotatable bonds is 8. The van der Waals surface area contributed by atoms with E-state index in [0.717, 1.165) is 34.6 Å². The highest BCUT2D eigenvalue weighted by molar-refractivity contribution is 7.91. The maximum absolute atomic E-state index is 15.0. The third-order valence-corrected chi connectivity index (χ3v) is 12.6. The van der Waals surface area contributed by atoms with Crippen molar-refractivity contribution in [2.75, 3.05) is 32.8 Å². The van der Waals surface area contributed by atoms with Crippen molar-refractivity contribution in [3.63, 3.8) is 0 Å². The van der Waals surface area contributed by atoms with Crippen molar-refractivity contribution in [3.8, 4) is 5.75 Å². The Bertz CT molecular complexity index is 1880. The largest absolute Gasteiger partial charge is 0.493 e. The molecule has 0 saturated carbocycles. The third-order valence-electron chi connectivity index (χ3n) is 8.54. The maximum atomic E-state index is 15.0. The van der Waals surface area contributed by atoms with E-state index in [2.05, 4.69) is 10.6 Å². The second-order valence-electron chi connectivity index (χ2n) is 11.5. The molecule has 49 heavy (non-hydrogen) atoms. The predicted molar refractivity (Wildman–Crippen MR) is 184 cm³/mol. The highest BCUT2D eigenvalue weighted by Crippen LogP contribution is 2.46. The first-order valence-corrected chi connectivity index (χ1v) is 18.6. The number of sulfonamides is 1. The first-order chi connectivity index (χ1) is 23.2. The van der Waals surface area contributed by atoms with Gasteiger partial charge in [-0.2, -0.15) is 17.5 Å². The molecule has 0 bridgehead atoms. The van der Waals surface area contributed by atoms with Gasteiger partial charge in [0, 0.05) is 41.8 Å². The summed E-state index contributed by atoms with van der Waals surface area (Å²) in [6, 6.07) is 18.9. The van der Waals surface area contributed by atoms with Gasteiger partial charge in [-0.05, 0) is 66.6 Å². The molecule has 16 heteroatoms. The van der Waals surface area contributed by atoms with Gasteiger partial charge in [-0.3, -0.25) is 15.4 Å². The maximum Gasteiger partial charge on any atom is 0.416 e. The summed E-state index contributed by atoms with van der Waals surface area (Å²) in [5.41, 5.74) is -1.10. The third kappa shape index (κ3) is 7.18. The molecular weight excluding hydrogens is 744 g/mol. The van der Waals surface area contributed by atoms with E-state index in [1.807, 2.05) is 24.3 Å². The van der Waals surface area contributed by atoms with Gasteiger partial charge in [-0.25, -0.2) is 8.42 Å². The summed E-state index contributed by atoms with van der Waals surface area (Å²) < 4.78 is 75.9. The molecule has 0 spiro atoms. The minimum atomic E-state index is -4.66. The molecule has 4 aromatic rings. The number of thiophene rings is 1. The van der Waals surface area contributed by atoms with Crippen molar-refractivity contribution >= 4 is 62.1 Å². The molecule has 3 aromatic carbocycles. The first-order valence-electron chi connectivity index (χ1n) is 15.2. The van der Waals surface area contributed by atoms with Crippen LogP contribution in [-0.4, -0.2) is 56.3 Å². The van der Waals surface area contributed by atoms with Crippen LogP contribution in [0.5, 0.6) is 5.75 Å². The van der Waals surface area contributed by atoms with E-state index in [1.165, 1.54) is 27.4 Å². The number of piperazine rings is 1. The molecule has 3 heterocycles. The number of amides is 1. The molecular formula is C33H30Cl3F3N4O4S2. The van der Waals surface area contributed by atoms with Gasteiger partial charge in [-0.15, -0.1) is 11.3 Å². The smallest absolute Gasteiger partial charge is 0.416 e. The van der Waals surface area contributed by atoms with Crippen molar-refractivity contribution in [3.05, 3.63) is 115 Å². The lowest BCUT2D eigenvalue weighted by atomic mass is 9.94. The topological polar surface area (TPSA) is 91.0 Å². The quantitative estimate of drug-likeness (QED) is 0.193. The van der Waals surface area contributed by atoms with Crippen molar-refractivity contribution in [2.45, 2.75) is 35.1 Å². The molecule has 2 aliphatic rings. The summed E-state index contributed by atoms with van der Waals surface area (Å²) in [7, 11) is -3.86. The standard InChI is InChI=1S/C33H30Cl3F3N4O4S2/c1-2-47-26-19-22(33(37,38)39)7-12-25(26)32(31(44)42-15-17-43(18-16-42)49(45,46)28-14-13-27(36)48-28)40-29(20-3-8-23(34)9-4-20)30(41-32)21-5-10-24(35)11-6-21/h3-14,19,29-30,40-41H,2,15-18H2,1H3. The predicted octanol–water partition coefficient (Wildman–Crippen LogP) is 7.49. The Morgan fingerprint density at radius 3 is 1.90 bits per heavy atom. The second-order valence-corrected chi connectivity index (χ2v) is 16.2. The molecule has 0 aliphatic carbocycles. The van der Waals surface area contributed by atoms with Crippen LogP contribution < -0.4 is 15.4 Å². The fourth-order valence-electron chi connectivity index (χ4n) is 6.18. The Labute approximate surface area is 300 Å². The number of hydrogen-bond donors (Lipinski definition) is 2. The minimum Gasteiger partial charge on any atom is -0.493 e. The van der Waals surface area contributed by atoms with Crippen LogP contribution in [0.1, 0.15) is 41.3 Å². The molecule has 1 amide bonds. The number of benzene rings is 3. The molecule has 8 nitrogen and oxygen atoms in total. The van der Waals surface area contributed by atoms with E-state index in [0.29, 0.717) is 14.4 Å². The Hall–Kier alpha value is -2.88. The van der Waals surface area contributed by atoms with Crippen molar-refractivity contribution < 1.29 is 31.1 Å². The lowest BCUT2D eigenvalue weighted by Gasteiger charge is -2.40. The average molecular weight is 774 g/mol. The molecule has 2 unspecified atom stereocenters. The van der Waals surface area contributed by atoms with Gasteiger partial charge in [0.25, 0.3) is 15.9 Å². The molecule has 2 aliphatic heterocycles. The van der Waals surface area contributed by atoms with Gasteiger partial charge in [-0.1, -0.05) is 65.1 Å². The molecule has 1 aromatic heterocycles. The normalized spacial score (nSPS) is 22.0. The van der Waals surface area contributed by atoms with Crippen LogP contribution in [0.25, 0.3) is 0 Å². The number of halogens is 6. The van der Waals surface area contributed by atoms with Crippen molar-refractivity contribution in [1.29, 1.82) is 0 Å². The van der Waals surface area contributed by atoms with Gasteiger partial charge in [0.15, 0.2) is 5.66 Å². The Balaban J connectivity index is 1.44. The first kappa shape index (κ1) is 35.9.